The standard InChI is InChI=1S/C18H21N3O/c22-18(20-17-8-4-5-11-19-17)21-12-9-16(10-13-21)14-15-6-2-1-3-7-15/h1-8,11,16H,9-10,12-14H2,(H,19,20,22). The summed E-state index contributed by atoms with van der Waals surface area (Å²) in [6.07, 6.45) is 4.91. The Bertz CT molecular complexity index is 592. The van der Waals surface area contributed by atoms with Crippen LogP contribution in [0.2, 0.25) is 0 Å². The van der Waals surface area contributed by atoms with E-state index >= 15 is 0 Å². The molecule has 2 amide bonds. The summed E-state index contributed by atoms with van der Waals surface area (Å²) >= 11 is 0. The molecule has 0 radical (unpaired) electrons. The number of rotatable bonds is 3. The fourth-order valence-corrected chi connectivity index (χ4v) is 2.91. The van der Waals surface area contributed by atoms with E-state index in [4.69, 9.17) is 0 Å². The van der Waals surface area contributed by atoms with Gasteiger partial charge in [0.05, 0.1) is 0 Å². The first-order valence-corrected chi connectivity index (χ1v) is 7.82. The van der Waals surface area contributed by atoms with Gasteiger partial charge in [0.15, 0.2) is 0 Å². The molecule has 4 nitrogen and oxygen atoms in total. The second-order valence-electron chi connectivity index (χ2n) is 5.77. The molecule has 0 aliphatic carbocycles. The van der Waals surface area contributed by atoms with Crippen molar-refractivity contribution in [2.75, 3.05) is 18.4 Å². The van der Waals surface area contributed by atoms with Crippen LogP contribution in [0, 0.1) is 5.92 Å². The number of likely N-dealkylation sites (tertiary alicyclic amines) is 1. The third-order valence-electron chi connectivity index (χ3n) is 4.17. The van der Waals surface area contributed by atoms with Gasteiger partial charge in [-0.2, -0.15) is 0 Å². The Labute approximate surface area is 131 Å². The lowest BCUT2D eigenvalue weighted by molar-refractivity contribution is 0.182. The first-order chi connectivity index (χ1) is 10.8. The van der Waals surface area contributed by atoms with Crippen LogP contribution in [0.5, 0.6) is 0 Å². The minimum Gasteiger partial charge on any atom is -0.324 e. The summed E-state index contributed by atoms with van der Waals surface area (Å²) in [5.41, 5.74) is 1.39. The van der Waals surface area contributed by atoms with Crippen molar-refractivity contribution in [2.24, 2.45) is 5.92 Å². The highest BCUT2D eigenvalue weighted by molar-refractivity contribution is 5.88. The second-order valence-corrected chi connectivity index (χ2v) is 5.77. The van der Waals surface area contributed by atoms with Gasteiger partial charge in [-0.25, -0.2) is 9.78 Å². The molecule has 1 aromatic carbocycles. The van der Waals surface area contributed by atoms with Gasteiger partial charge in [-0.3, -0.25) is 5.32 Å². The maximum atomic E-state index is 12.2. The van der Waals surface area contributed by atoms with E-state index in [0.29, 0.717) is 11.7 Å². The number of hydrogen-bond donors (Lipinski definition) is 1. The molecule has 0 bridgehead atoms. The molecule has 1 aromatic heterocycles. The molecule has 1 fully saturated rings. The lowest BCUT2D eigenvalue weighted by atomic mass is 9.90. The van der Waals surface area contributed by atoms with Gasteiger partial charge in [0.25, 0.3) is 0 Å². The Kier molecular flexibility index (Phi) is 4.68. The van der Waals surface area contributed by atoms with Crippen molar-refractivity contribution in [3.05, 3.63) is 60.3 Å². The quantitative estimate of drug-likeness (QED) is 0.941. The fourth-order valence-electron chi connectivity index (χ4n) is 2.91. The van der Waals surface area contributed by atoms with E-state index < -0.39 is 0 Å². The third kappa shape index (κ3) is 3.85. The number of urea groups is 1. The van der Waals surface area contributed by atoms with Crippen molar-refractivity contribution in [1.29, 1.82) is 0 Å². The van der Waals surface area contributed by atoms with Crippen LogP contribution in [-0.4, -0.2) is 29.0 Å². The molecule has 0 atom stereocenters. The lowest BCUT2D eigenvalue weighted by Crippen LogP contribution is -2.41. The van der Waals surface area contributed by atoms with E-state index in [1.54, 1.807) is 12.3 Å². The minimum atomic E-state index is -0.0446. The predicted octanol–water partition coefficient (Wildman–Crippen LogP) is 3.57. The molecule has 1 saturated heterocycles. The van der Waals surface area contributed by atoms with E-state index in [2.05, 4.69) is 34.6 Å². The van der Waals surface area contributed by atoms with Gasteiger partial charge in [0.2, 0.25) is 0 Å². The Morgan fingerprint density at radius 1 is 1.09 bits per heavy atom. The Hall–Kier alpha value is -2.36. The van der Waals surface area contributed by atoms with Crippen LogP contribution in [0.25, 0.3) is 0 Å². The van der Waals surface area contributed by atoms with Gasteiger partial charge in [0.1, 0.15) is 5.82 Å². The smallest absolute Gasteiger partial charge is 0.323 e. The summed E-state index contributed by atoms with van der Waals surface area (Å²) in [5, 5.41) is 2.85. The van der Waals surface area contributed by atoms with E-state index in [-0.39, 0.29) is 6.03 Å². The van der Waals surface area contributed by atoms with Crippen molar-refractivity contribution in [3.63, 3.8) is 0 Å². The predicted molar refractivity (Wildman–Crippen MR) is 87.7 cm³/mol. The SMILES string of the molecule is O=C(Nc1ccccn1)N1CCC(Cc2ccccc2)CC1. The van der Waals surface area contributed by atoms with Gasteiger partial charge in [-0.15, -0.1) is 0 Å². The molecule has 114 valence electrons. The first kappa shape index (κ1) is 14.6. The first-order valence-electron chi connectivity index (χ1n) is 7.82. The van der Waals surface area contributed by atoms with Gasteiger partial charge in [-0.1, -0.05) is 36.4 Å². The molecule has 2 aromatic rings. The maximum absolute atomic E-state index is 12.2. The Morgan fingerprint density at radius 3 is 2.50 bits per heavy atom. The van der Waals surface area contributed by atoms with Crippen LogP contribution in [0.1, 0.15) is 18.4 Å². The van der Waals surface area contributed by atoms with E-state index in [9.17, 15) is 4.79 Å². The van der Waals surface area contributed by atoms with Crippen molar-refractivity contribution < 1.29 is 4.79 Å². The molecule has 2 heterocycles. The van der Waals surface area contributed by atoms with Crippen molar-refractivity contribution >= 4 is 11.8 Å². The normalized spacial score (nSPS) is 15.5. The number of amides is 2. The topological polar surface area (TPSA) is 45.2 Å². The Morgan fingerprint density at radius 2 is 1.82 bits per heavy atom. The maximum Gasteiger partial charge on any atom is 0.323 e. The minimum absolute atomic E-state index is 0.0446. The molecule has 0 spiro atoms. The van der Waals surface area contributed by atoms with Crippen molar-refractivity contribution in [3.8, 4) is 0 Å². The number of nitrogens with zero attached hydrogens (tertiary/aromatic N) is 2. The van der Waals surface area contributed by atoms with Gasteiger partial charge < -0.3 is 4.90 Å². The van der Waals surface area contributed by atoms with Gasteiger partial charge in [-0.05, 0) is 42.9 Å². The van der Waals surface area contributed by atoms with Crippen LogP contribution in [-0.2, 0) is 6.42 Å². The number of piperidine rings is 1. The monoisotopic (exact) mass is 295 g/mol. The highest BCUT2D eigenvalue weighted by Gasteiger charge is 2.23. The summed E-state index contributed by atoms with van der Waals surface area (Å²) in [6.45, 7) is 1.63. The molecular weight excluding hydrogens is 274 g/mol. The van der Waals surface area contributed by atoms with Crippen LogP contribution >= 0.6 is 0 Å². The number of carbonyl (C=O) groups is 1. The Balaban J connectivity index is 1.48. The third-order valence-corrected chi connectivity index (χ3v) is 4.17. The molecule has 1 aliphatic rings. The molecule has 4 heteroatoms. The van der Waals surface area contributed by atoms with E-state index in [0.717, 1.165) is 32.4 Å². The lowest BCUT2D eigenvalue weighted by Gasteiger charge is -2.32. The largest absolute Gasteiger partial charge is 0.324 e. The number of nitrogens with one attached hydrogen (secondary N) is 1. The number of anilines is 1. The summed E-state index contributed by atoms with van der Waals surface area (Å²) < 4.78 is 0. The summed E-state index contributed by atoms with van der Waals surface area (Å²) in [6, 6.07) is 16.1. The zero-order valence-corrected chi connectivity index (χ0v) is 12.6. The highest BCUT2D eigenvalue weighted by Crippen LogP contribution is 2.22. The second kappa shape index (κ2) is 7.07. The van der Waals surface area contributed by atoms with Crippen LogP contribution < -0.4 is 5.32 Å². The fraction of sp³-hybridized carbons (Fsp3) is 0.333. The molecule has 3 rings (SSSR count). The summed E-state index contributed by atoms with van der Waals surface area (Å²) in [5.74, 6) is 1.28. The zero-order chi connectivity index (χ0) is 15.2. The molecule has 1 aliphatic heterocycles. The summed E-state index contributed by atoms with van der Waals surface area (Å²) in [4.78, 5) is 18.2. The zero-order valence-electron chi connectivity index (χ0n) is 12.6. The molecule has 1 N–H and O–H groups in total. The molecule has 0 unspecified atom stereocenters. The van der Waals surface area contributed by atoms with Gasteiger partial charge >= 0.3 is 6.03 Å². The van der Waals surface area contributed by atoms with Crippen molar-refractivity contribution in [1.82, 2.24) is 9.88 Å². The number of pyridine rings is 1. The van der Waals surface area contributed by atoms with E-state index in [1.807, 2.05) is 23.1 Å². The molecule has 22 heavy (non-hydrogen) atoms. The number of hydrogen-bond acceptors (Lipinski definition) is 2. The molecule has 0 saturated carbocycles. The average Bonchev–Trinajstić information content (AvgIpc) is 2.57. The summed E-state index contributed by atoms with van der Waals surface area (Å²) in [7, 11) is 0. The average molecular weight is 295 g/mol. The van der Waals surface area contributed by atoms with Crippen LogP contribution in [0.3, 0.4) is 0 Å². The highest BCUT2D eigenvalue weighted by atomic mass is 16.2. The molecular formula is C18H21N3O. The number of benzene rings is 1. The number of carbonyl (C=O) groups excluding carboxylic acids is 1. The van der Waals surface area contributed by atoms with E-state index in [1.165, 1.54) is 5.56 Å². The van der Waals surface area contributed by atoms with Gasteiger partial charge in [0, 0.05) is 19.3 Å². The number of aromatic nitrogens is 1. The van der Waals surface area contributed by atoms with Crippen LogP contribution in [0.4, 0.5) is 10.6 Å². The van der Waals surface area contributed by atoms with Crippen LogP contribution in [0.15, 0.2) is 54.7 Å². The van der Waals surface area contributed by atoms with Crippen molar-refractivity contribution in [2.45, 2.75) is 19.3 Å².